The number of likely N-dealkylation sites (N-methyl/N-ethyl adjacent to an activating group) is 1. The van der Waals surface area contributed by atoms with E-state index in [4.69, 9.17) is 37.7 Å². The number of benzene rings is 1. The molecule has 3 aromatic rings. The average molecular weight is 486 g/mol. The second kappa shape index (κ2) is 9.28. The fourth-order valence-electron chi connectivity index (χ4n) is 3.26. The number of carbonyl (C=O) groups is 1. The number of fused-ring (bicyclic) bond motifs is 2. The molecule has 0 spiro atoms. The zero-order chi connectivity index (χ0) is 21.3. The van der Waals surface area contributed by atoms with E-state index >= 15 is 0 Å². The monoisotopic (exact) mass is 485 g/mol. The second-order valence-electron chi connectivity index (χ2n) is 6.68. The molecule has 1 aromatic carbocycles. The molecule has 0 aliphatic carbocycles. The van der Waals surface area contributed by atoms with Gasteiger partial charge >= 0.3 is 0 Å². The summed E-state index contributed by atoms with van der Waals surface area (Å²) in [5.41, 5.74) is 1.17. The van der Waals surface area contributed by atoms with Crippen LogP contribution < -0.4 is 14.4 Å². The molecule has 6 nitrogen and oxygen atoms in total. The van der Waals surface area contributed by atoms with Gasteiger partial charge in [0, 0.05) is 25.2 Å². The van der Waals surface area contributed by atoms with Gasteiger partial charge in [-0.15, -0.1) is 11.3 Å². The molecule has 4 rings (SSSR count). The second-order valence-corrected chi connectivity index (χ2v) is 9.98. The molecule has 0 N–H and O–H groups in total. The average Bonchev–Trinajstić information content (AvgIpc) is 3.30. The van der Waals surface area contributed by atoms with Crippen LogP contribution in [0.3, 0.4) is 0 Å². The van der Waals surface area contributed by atoms with E-state index in [1.54, 1.807) is 11.0 Å². The molecule has 0 atom stereocenters. The first-order chi connectivity index (χ1) is 14.5. The number of carbonyl (C=O) groups excluding carboxylic acids is 1. The first kappa shape index (κ1) is 21.6. The highest BCUT2D eigenvalue weighted by molar-refractivity contribution is 7.22. The summed E-state index contributed by atoms with van der Waals surface area (Å²) in [6.07, 6.45) is 0. The predicted octanol–water partition coefficient (Wildman–Crippen LogP) is 5.42. The summed E-state index contributed by atoms with van der Waals surface area (Å²) in [5, 5.41) is 0.614. The summed E-state index contributed by atoms with van der Waals surface area (Å²) in [7, 11) is 0. The highest BCUT2D eigenvalue weighted by atomic mass is 35.5. The molecule has 0 saturated carbocycles. The Bertz CT molecular complexity index is 1020. The fourth-order valence-corrected chi connectivity index (χ4v) is 5.71. The van der Waals surface area contributed by atoms with Crippen LogP contribution >= 0.6 is 45.9 Å². The molecule has 1 aliphatic rings. The van der Waals surface area contributed by atoms with Crippen LogP contribution in [0.15, 0.2) is 18.2 Å². The minimum atomic E-state index is -0.202. The van der Waals surface area contributed by atoms with Crippen LogP contribution in [-0.4, -0.2) is 55.2 Å². The van der Waals surface area contributed by atoms with Gasteiger partial charge in [-0.2, -0.15) is 0 Å². The van der Waals surface area contributed by atoms with Crippen molar-refractivity contribution in [1.29, 1.82) is 0 Å². The molecule has 0 saturated heterocycles. The van der Waals surface area contributed by atoms with Gasteiger partial charge in [-0.3, -0.25) is 9.69 Å². The van der Waals surface area contributed by atoms with E-state index in [2.05, 4.69) is 18.7 Å². The van der Waals surface area contributed by atoms with Crippen molar-refractivity contribution < 1.29 is 14.3 Å². The molecule has 2 aromatic heterocycles. The van der Waals surface area contributed by atoms with Crippen molar-refractivity contribution in [3.63, 3.8) is 0 Å². The molecular formula is C20H21Cl2N3O3S2. The number of hydrogen-bond donors (Lipinski definition) is 0. The highest BCUT2D eigenvalue weighted by Crippen LogP contribution is 2.40. The van der Waals surface area contributed by atoms with Crippen molar-refractivity contribution in [3.8, 4) is 11.5 Å². The van der Waals surface area contributed by atoms with E-state index in [9.17, 15) is 4.79 Å². The van der Waals surface area contributed by atoms with Crippen LogP contribution in [0.5, 0.6) is 11.5 Å². The maximum absolute atomic E-state index is 13.4. The lowest BCUT2D eigenvalue weighted by molar-refractivity contribution is 0.0984. The molecule has 1 aliphatic heterocycles. The van der Waals surface area contributed by atoms with Crippen LogP contribution in [0.2, 0.25) is 8.67 Å². The van der Waals surface area contributed by atoms with E-state index < -0.39 is 0 Å². The van der Waals surface area contributed by atoms with Gasteiger partial charge in [-0.25, -0.2) is 4.98 Å². The normalized spacial score (nSPS) is 13.2. The van der Waals surface area contributed by atoms with Crippen molar-refractivity contribution >= 4 is 67.1 Å². The molecule has 10 heteroatoms. The van der Waals surface area contributed by atoms with E-state index in [1.807, 2.05) is 12.1 Å². The number of rotatable bonds is 7. The summed E-state index contributed by atoms with van der Waals surface area (Å²) in [6, 6.07) is 5.41. The molecule has 0 bridgehead atoms. The van der Waals surface area contributed by atoms with Crippen LogP contribution in [0.4, 0.5) is 5.13 Å². The number of amides is 1. The molecular weight excluding hydrogens is 465 g/mol. The Kier molecular flexibility index (Phi) is 6.69. The minimum absolute atomic E-state index is 0.202. The van der Waals surface area contributed by atoms with Crippen molar-refractivity contribution in [2.75, 3.05) is 44.3 Å². The third-order valence-corrected chi connectivity index (χ3v) is 7.47. The Morgan fingerprint density at radius 2 is 1.77 bits per heavy atom. The number of aromatic nitrogens is 1. The standard InChI is InChI=1S/C20H21Cl2N3O3S2/c1-3-24(4-2)5-6-25(19(26)12-9-17(21)30-18(12)22)20-23-13-10-14-15(11-16(13)29-20)28-8-7-27-14/h9-11H,3-8H2,1-2H3. The molecule has 0 unspecified atom stereocenters. The number of hydrogen-bond acceptors (Lipinski definition) is 7. The SMILES string of the molecule is CCN(CC)CCN(C(=O)c1cc(Cl)sc1Cl)c1nc2cc3c(cc2s1)OCCO3. The predicted molar refractivity (Wildman–Crippen MR) is 124 cm³/mol. The van der Waals surface area contributed by atoms with E-state index in [0.29, 0.717) is 50.6 Å². The molecule has 1 amide bonds. The first-order valence-electron chi connectivity index (χ1n) is 9.69. The van der Waals surface area contributed by atoms with Crippen molar-refractivity contribution in [2.24, 2.45) is 0 Å². The fraction of sp³-hybridized carbons (Fsp3) is 0.400. The third kappa shape index (κ3) is 4.38. The maximum Gasteiger partial charge on any atom is 0.262 e. The van der Waals surface area contributed by atoms with Gasteiger partial charge in [-0.1, -0.05) is 48.4 Å². The van der Waals surface area contributed by atoms with Crippen LogP contribution in [0, 0.1) is 0 Å². The van der Waals surface area contributed by atoms with Gasteiger partial charge in [0.05, 0.1) is 20.1 Å². The summed E-state index contributed by atoms with van der Waals surface area (Å²) >= 11 is 15.0. The topological polar surface area (TPSA) is 54.9 Å². The van der Waals surface area contributed by atoms with E-state index in [-0.39, 0.29) is 5.91 Å². The largest absolute Gasteiger partial charge is 0.486 e. The van der Waals surface area contributed by atoms with Gasteiger partial charge in [0.1, 0.15) is 17.6 Å². The van der Waals surface area contributed by atoms with E-state index in [0.717, 1.165) is 29.9 Å². The number of thiazole rings is 1. The van der Waals surface area contributed by atoms with Gasteiger partial charge in [0.2, 0.25) is 0 Å². The Hall–Kier alpha value is -1.58. The molecule has 160 valence electrons. The summed E-state index contributed by atoms with van der Waals surface area (Å²) in [4.78, 5) is 22.1. The number of anilines is 1. The molecule has 0 fully saturated rings. The lowest BCUT2D eigenvalue weighted by atomic mass is 10.3. The summed E-state index contributed by atoms with van der Waals surface area (Å²) in [6.45, 7) is 8.29. The maximum atomic E-state index is 13.4. The first-order valence-corrected chi connectivity index (χ1v) is 12.1. The van der Waals surface area contributed by atoms with Crippen molar-refractivity contribution in [1.82, 2.24) is 9.88 Å². The summed E-state index contributed by atoms with van der Waals surface area (Å²) in [5.74, 6) is 1.18. The number of thiophene rings is 1. The van der Waals surface area contributed by atoms with Crippen LogP contribution in [0.25, 0.3) is 10.2 Å². The number of nitrogens with zero attached hydrogens (tertiary/aromatic N) is 3. The zero-order valence-electron chi connectivity index (χ0n) is 16.6. The highest BCUT2D eigenvalue weighted by Gasteiger charge is 2.26. The Labute approximate surface area is 192 Å². The minimum Gasteiger partial charge on any atom is -0.486 e. The smallest absolute Gasteiger partial charge is 0.262 e. The van der Waals surface area contributed by atoms with Gasteiger partial charge in [0.25, 0.3) is 5.91 Å². The van der Waals surface area contributed by atoms with Crippen molar-refractivity contribution in [3.05, 3.63) is 32.4 Å². The van der Waals surface area contributed by atoms with Gasteiger partial charge < -0.3 is 14.4 Å². The van der Waals surface area contributed by atoms with Gasteiger partial charge in [0.15, 0.2) is 16.6 Å². The molecule has 30 heavy (non-hydrogen) atoms. The molecule has 3 heterocycles. The molecule has 0 radical (unpaired) electrons. The van der Waals surface area contributed by atoms with Gasteiger partial charge in [-0.05, 0) is 19.2 Å². The third-order valence-electron chi connectivity index (χ3n) is 4.94. The van der Waals surface area contributed by atoms with Crippen LogP contribution in [-0.2, 0) is 0 Å². The Morgan fingerprint density at radius 1 is 1.07 bits per heavy atom. The Morgan fingerprint density at radius 3 is 2.40 bits per heavy atom. The van der Waals surface area contributed by atoms with Crippen LogP contribution in [0.1, 0.15) is 24.2 Å². The summed E-state index contributed by atoms with van der Waals surface area (Å²) < 4.78 is 13.2. The van der Waals surface area contributed by atoms with Crippen molar-refractivity contribution in [2.45, 2.75) is 13.8 Å². The number of ether oxygens (including phenoxy) is 2. The van der Waals surface area contributed by atoms with E-state index in [1.165, 1.54) is 22.7 Å². The lowest BCUT2D eigenvalue weighted by Crippen LogP contribution is -2.38. The Balaban J connectivity index is 1.70. The zero-order valence-corrected chi connectivity index (χ0v) is 19.8. The lowest BCUT2D eigenvalue weighted by Gasteiger charge is -2.24. The number of halogens is 2. The quantitative estimate of drug-likeness (QED) is 0.446.